The van der Waals surface area contributed by atoms with Crippen molar-refractivity contribution in [2.75, 3.05) is 5.32 Å². The fourth-order valence-electron chi connectivity index (χ4n) is 3.29. The van der Waals surface area contributed by atoms with Gasteiger partial charge in [-0.1, -0.05) is 30.7 Å². The molecule has 152 valence electrons. The lowest BCUT2D eigenvalue weighted by molar-refractivity contribution is 0.0996. The van der Waals surface area contributed by atoms with Crippen LogP contribution in [0.25, 0.3) is 10.9 Å². The van der Waals surface area contributed by atoms with E-state index in [0.717, 1.165) is 17.8 Å². The van der Waals surface area contributed by atoms with Gasteiger partial charge in [0.2, 0.25) is 0 Å². The molecule has 0 unspecified atom stereocenters. The van der Waals surface area contributed by atoms with Crippen molar-refractivity contribution in [1.29, 1.82) is 0 Å². The molecule has 7 heteroatoms. The number of amides is 1. The Balaban J connectivity index is 1.74. The number of aromatic nitrogens is 2. The Kier molecular flexibility index (Phi) is 5.68. The maximum atomic E-state index is 13.3. The van der Waals surface area contributed by atoms with E-state index in [1.54, 1.807) is 47.0 Å². The lowest BCUT2D eigenvalue weighted by Gasteiger charge is -2.14. The minimum atomic E-state index is -0.378. The molecule has 0 aliphatic rings. The van der Waals surface area contributed by atoms with Crippen molar-refractivity contribution in [1.82, 2.24) is 9.55 Å². The predicted molar refractivity (Wildman–Crippen MR) is 117 cm³/mol. The Bertz CT molecular complexity index is 1250. The van der Waals surface area contributed by atoms with E-state index in [9.17, 15) is 9.59 Å². The summed E-state index contributed by atoms with van der Waals surface area (Å²) in [4.78, 5) is 30.3. The van der Waals surface area contributed by atoms with Crippen LogP contribution in [-0.4, -0.2) is 15.5 Å². The highest BCUT2D eigenvalue weighted by atomic mass is 35.5. The molecule has 4 rings (SSSR count). The minimum Gasteiger partial charge on any atom is -0.459 e. The van der Waals surface area contributed by atoms with Crippen LogP contribution in [0.15, 0.2) is 70.1 Å². The topological polar surface area (TPSA) is 77.1 Å². The fraction of sp³-hybridized carbons (Fsp3) is 0.174. The third kappa shape index (κ3) is 4.14. The summed E-state index contributed by atoms with van der Waals surface area (Å²) in [7, 11) is 0. The van der Waals surface area contributed by atoms with Crippen LogP contribution in [0, 0.1) is 0 Å². The van der Waals surface area contributed by atoms with E-state index in [2.05, 4.69) is 12.2 Å². The summed E-state index contributed by atoms with van der Waals surface area (Å²) in [5.74, 6) is 0.556. The summed E-state index contributed by atoms with van der Waals surface area (Å²) in [6.45, 7) is 2.45. The lowest BCUT2D eigenvalue weighted by Crippen LogP contribution is -2.26. The van der Waals surface area contributed by atoms with E-state index in [0.29, 0.717) is 34.6 Å². The number of hydrogen-bond donors (Lipinski definition) is 1. The van der Waals surface area contributed by atoms with Crippen molar-refractivity contribution in [3.63, 3.8) is 0 Å². The first-order chi connectivity index (χ1) is 14.5. The molecule has 1 amide bonds. The monoisotopic (exact) mass is 421 g/mol. The van der Waals surface area contributed by atoms with Crippen LogP contribution in [-0.2, 0) is 13.0 Å². The van der Waals surface area contributed by atoms with Crippen molar-refractivity contribution in [2.45, 2.75) is 26.3 Å². The van der Waals surface area contributed by atoms with Crippen LogP contribution in [0.1, 0.15) is 35.3 Å². The second kappa shape index (κ2) is 8.55. The number of carbonyl (C=O) groups is 1. The minimum absolute atomic E-state index is 0.146. The average molecular weight is 422 g/mol. The van der Waals surface area contributed by atoms with E-state index >= 15 is 0 Å². The van der Waals surface area contributed by atoms with Crippen LogP contribution in [0.4, 0.5) is 5.69 Å². The van der Waals surface area contributed by atoms with Crippen molar-refractivity contribution < 1.29 is 9.21 Å². The third-order valence-corrected chi connectivity index (χ3v) is 5.02. The maximum absolute atomic E-state index is 13.3. The number of benzene rings is 2. The molecule has 0 aliphatic carbocycles. The number of nitrogens with zero attached hydrogens (tertiary/aromatic N) is 2. The molecule has 0 fully saturated rings. The predicted octanol–water partition coefficient (Wildman–Crippen LogP) is 4.90. The number of fused-ring (bicyclic) bond motifs is 1. The van der Waals surface area contributed by atoms with E-state index in [1.807, 2.05) is 12.1 Å². The summed E-state index contributed by atoms with van der Waals surface area (Å²) < 4.78 is 6.80. The van der Waals surface area contributed by atoms with Gasteiger partial charge in [-0.2, -0.15) is 0 Å². The second-order valence-electron chi connectivity index (χ2n) is 6.96. The first-order valence-corrected chi connectivity index (χ1v) is 10.1. The molecule has 4 aromatic rings. The van der Waals surface area contributed by atoms with Gasteiger partial charge in [0.25, 0.3) is 11.5 Å². The SMILES string of the molecule is CCCc1nc2ccc(NC(=O)c3ccco3)cc2c(=O)n1Cc1ccc(Cl)cc1. The van der Waals surface area contributed by atoms with Crippen LogP contribution < -0.4 is 10.9 Å². The van der Waals surface area contributed by atoms with Gasteiger partial charge in [0.05, 0.1) is 23.7 Å². The molecule has 0 atom stereocenters. The normalized spacial score (nSPS) is 11.0. The summed E-state index contributed by atoms with van der Waals surface area (Å²) in [6, 6.07) is 15.8. The Hall–Kier alpha value is -3.38. The van der Waals surface area contributed by atoms with Crippen LogP contribution in [0.5, 0.6) is 0 Å². The number of halogens is 1. The number of anilines is 1. The highest BCUT2D eigenvalue weighted by Crippen LogP contribution is 2.18. The molecule has 2 aromatic carbocycles. The number of hydrogen-bond acceptors (Lipinski definition) is 4. The Morgan fingerprint density at radius 1 is 1.17 bits per heavy atom. The molecule has 0 bridgehead atoms. The second-order valence-corrected chi connectivity index (χ2v) is 7.40. The number of furan rings is 1. The zero-order valence-electron chi connectivity index (χ0n) is 16.4. The molecular weight excluding hydrogens is 402 g/mol. The van der Waals surface area contributed by atoms with Gasteiger partial charge in [-0.25, -0.2) is 4.98 Å². The van der Waals surface area contributed by atoms with Crippen LogP contribution in [0.2, 0.25) is 5.02 Å². The lowest BCUT2D eigenvalue weighted by atomic mass is 10.1. The summed E-state index contributed by atoms with van der Waals surface area (Å²) in [5.41, 5.74) is 1.92. The largest absolute Gasteiger partial charge is 0.459 e. The smallest absolute Gasteiger partial charge is 0.291 e. The van der Waals surface area contributed by atoms with Gasteiger partial charge in [0.15, 0.2) is 5.76 Å². The van der Waals surface area contributed by atoms with Crippen molar-refractivity contribution in [3.8, 4) is 0 Å². The summed E-state index contributed by atoms with van der Waals surface area (Å²) in [5, 5.41) is 3.85. The molecule has 0 radical (unpaired) electrons. The zero-order chi connectivity index (χ0) is 21.1. The van der Waals surface area contributed by atoms with E-state index in [1.165, 1.54) is 6.26 Å². The zero-order valence-corrected chi connectivity index (χ0v) is 17.1. The molecule has 6 nitrogen and oxygen atoms in total. The molecule has 0 saturated heterocycles. The molecule has 30 heavy (non-hydrogen) atoms. The van der Waals surface area contributed by atoms with Crippen molar-refractivity contribution in [2.24, 2.45) is 0 Å². The molecule has 0 spiro atoms. The van der Waals surface area contributed by atoms with Crippen LogP contribution >= 0.6 is 11.6 Å². The van der Waals surface area contributed by atoms with E-state index in [4.69, 9.17) is 21.0 Å². The summed E-state index contributed by atoms with van der Waals surface area (Å²) in [6.07, 6.45) is 3.00. The Morgan fingerprint density at radius 3 is 2.67 bits per heavy atom. The van der Waals surface area contributed by atoms with Gasteiger partial charge in [0.1, 0.15) is 5.82 Å². The third-order valence-electron chi connectivity index (χ3n) is 4.76. The highest BCUT2D eigenvalue weighted by Gasteiger charge is 2.14. The Morgan fingerprint density at radius 2 is 1.97 bits per heavy atom. The highest BCUT2D eigenvalue weighted by molar-refractivity contribution is 6.30. The van der Waals surface area contributed by atoms with Gasteiger partial charge in [0, 0.05) is 17.1 Å². The van der Waals surface area contributed by atoms with Crippen molar-refractivity contribution in [3.05, 3.63) is 93.4 Å². The molecule has 0 aliphatic heterocycles. The maximum Gasteiger partial charge on any atom is 0.291 e. The van der Waals surface area contributed by atoms with Gasteiger partial charge in [-0.15, -0.1) is 0 Å². The van der Waals surface area contributed by atoms with E-state index in [-0.39, 0.29) is 17.2 Å². The number of aryl methyl sites for hydroxylation is 1. The van der Waals surface area contributed by atoms with Crippen LogP contribution in [0.3, 0.4) is 0 Å². The molecule has 2 heterocycles. The molecule has 0 saturated carbocycles. The van der Waals surface area contributed by atoms with Gasteiger partial charge < -0.3 is 9.73 Å². The molecular formula is C23H20ClN3O3. The molecule has 1 N–H and O–H groups in total. The Labute approximate surface area is 178 Å². The van der Waals surface area contributed by atoms with Gasteiger partial charge in [-0.05, 0) is 54.4 Å². The fourth-order valence-corrected chi connectivity index (χ4v) is 3.42. The van der Waals surface area contributed by atoms with E-state index < -0.39 is 0 Å². The number of carbonyl (C=O) groups excluding carboxylic acids is 1. The average Bonchev–Trinajstić information content (AvgIpc) is 3.28. The van der Waals surface area contributed by atoms with Crippen molar-refractivity contribution >= 4 is 34.1 Å². The molecule has 2 aromatic heterocycles. The first kappa shape index (κ1) is 19.9. The first-order valence-electron chi connectivity index (χ1n) is 9.68. The number of rotatable bonds is 6. The standard InChI is InChI=1S/C23H20ClN3O3/c1-2-4-21-26-19-11-10-17(25-22(28)20-5-3-12-30-20)13-18(19)23(29)27(21)14-15-6-8-16(24)9-7-15/h3,5-13H,2,4,14H2,1H3,(H,25,28). The quantitative estimate of drug-likeness (QED) is 0.480. The van der Waals surface area contributed by atoms with Gasteiger partial charge in [-0.3, -0.25) is 14.2 Å². The summed E-state index contributed by atoms with van der Waals surface area (Å²) >= 11 is 5.98. The van der Waals surface area contributed by atoms with Gasteiger partial charge >= 0.3 is 0 Å². The number of nitrogens with one attached hydrogen (secondary N) is 1.